The van der Waals surface area contributed by atoms with Crippen LogP contribution in [0.5, 0.6) is 5.75 Å². The lowest BCUT2D eigenvalue weighted by atomic mass is 10.00. The molecule has 0 spiro atoms. The third kappa shape index (κ3) is 3.94. The Kier molecular flexibility index (Phi) is 5.55. The van der Waals surface area contributed by atoms with Crippen LogP contribution in [0.4, 0.5) is 5.69 Å². The Balaban J connectivity index is 1.48. The summed E-state index contributed by atoms with van der Waals surface area (Å²) in [4.78, 5) is 12.9. The number of anilines is 1. The number of hydrogen-bond acceptors (Lipinski definition) is 6. The zero-order valence-electron chi connectivity index (χ0n) is 18.8. The van der Waals surface area contributed by atoms with Gasteiger partial charge in [-0.2, -0.15) is 10.2 Å². The standard InChI is InChI=1S/C22H29N7O2/c1-12-9-13(2)29(26-12)19-8-7-16(10-20(19)31-6)23-22(30)18-11-17(24-25-18)21-14(3)27-28(5)15(21)4/h7-10,17-18,24-25H,11H2,1-6H3,(H,23,30). The Labute approximate surface area is 181 Å². The topological polar surface area (TPSA) is 98.0 Å². The summed E-state index contributed by atoms with van der Waals surface area (Å²) in [5.74, 6) is 0.538. The van der Waals surface area contributed by atoms with Gasteiger partial charge in [-0.15, -0.1) is 0 Å². The van der Waals surface area contributed by atoms with Gasteiger partial charge in [0.05, 0.1) is 24.5 Å². The molecule has 9 heteroatoms. The highest BCUT2D eigenvalue weighted by atomic mass is 16.5. The Morgan fingerprint density at radius 1 is 1.16 bits per heavy atom. The van der Waals surface area contributed by atoms with E-state index in [1.165, 1.54) is 0 Å². The molecule has 164 valence electrons. The highest BCUT2D eigenvalue weighted by Crippen LogP contribution is 2.30. The molecular weight excluding hydrogens is 394 g/mol. The second kappa shape index (κ2) is 8.16. The number of aromatic nitrogens is 4. The number of rotatable bonds is 5. The molecule has 1 aliphatic heterocycles. The molecule has 0 saturated carbocycles. The van der Waals surface area contributed by atoms with E-state index in [2.05, 4.69) is 26.4 Å². The third-order valence-electron chi connectivity index (χ3n) is 5.82. The van der Waals surface area contributed by atoms with E-state index in [9.17, 15) is 4.79 Å². The van der Waals surface area contributed by atoms with Gasteiger partial charge >= 0.3 is 0 Å². The van der Waals surface area contributed by atoms with E-state index in [4.69, 9.17) is 4.74 Å². The van der Waals surface area contributed by atoms with Crippen LogP contribution in [0.25, 0.3) is 5.69 Å². The Hall–Kier alpha value is -3.17. The Morgan fingerprint density at radius 3 is 2.55 bits per heavy atom. The summed E-state index contributed by atoms with van der Waals surface area (Å²) >= 11 is 0. The molecule has 1 aromatic carbocycles. The molecule has 0 bridgehead atoms. The molecule has 1 amide bonds. The summed E-state index contributed by atoms with van der Waals surface area (Å²) in [6.45, 7) is 7.99. The number of hydrogen-bond donors (Lipinski definition) is 3. The molecule has 1 saturated heterocycles. The molecule has 0 radical (unpaired) electrons. The molecule has 2 unspecified atom stereocenters. The van der Waals surface area contributed by atoms with E-state index < -0.39 is 0 Å². The molecule has 2 aromatic heterocycles. The molecule has 2 atom stereocenters. The number of carbonyl (C=O) groups is 1. The van der Waals surface area contributed by atoms with E-state index in [0.29, 0.717) is 17.9 Å². The first-order valence-electron chi connectivity index (χ1n) is 10.3. The van der Waals surface area contributed by atoms with Gasteiger partial charge in [-0.25, -0.2) is 15.5 Å². The van der Waals surface area contributed by atoms with E-state index >= 15 is 0 Å². The second-order valence-corrected chi connectivity index (χ2v) is 8.05. The largest absolute Gasteiger partial charge is 0.494 e. The first-order chi connectivity index (χ1) is 14.8. The normalized spacial score (nSPS) is 18.4. The zero-order chi connectivity index (χ0) is 22.3. The van der Waals surface area contributed by atoms with E-state index in [-0.39, 0.29) is 18.0 Å². The maximum Gasteiger partial charge on any atom is 0.242 e. The number of nitrogens with zero attached hydrogens (tertiary/aromatic N) is 4. The summed E-state index contributed by atoms with van der Waals surface area (Å²) in [7, 11) is 3.54. The number of aryl methyl sites for hydroxylation is 4. The molecule has 3 N–H and O–H groups in total. The first-order valence-corrected chi connectivity index (χ1v) is 10.3. The van der Waals surface area contributed by atoms with Gasteiger partial charge < -0.3 is 10.1 Å². The number of amides is 1. The van der Waals surface area contributed by atoms with Crippen molar-refractivity contribution >= 4 is 11.6 Å². The second-order valence-electron chi connectivity index (χ2n) is 8.05. The zero-order valence-corrected chi connectivity index (χ0v) is 18.8. The van der Waals surface area contributed by atoms with Crippen molar-refractivity contribution in [1.29, 1.82) is 0 Å². The van der Waals surface area contributed by atoms with E-state index in [1.807, 2.05) is 68.4 Å². The fraction of sp³-hybridized carbons (Fsp3) is 0.409. The minimum atomic E-state index is -0.356. The molecule has 0 aliphatic carbocycles. The lowest BCUT2D eigenvalue weighted by molar-refractivity contribution is -0.117. The quantitative estimate of drug-likeness (QED) is 0.583. The summed E-state index contributed by atoms with van der Waals surface area (Å²) < 4.78 is 9.28. The SMILES string of the molecule is COc1cc(NC(=O)C2CC(c3c(C)nn(C)c3C)NN2)ccc1-n1nc(C)cc1C. The van der Waals surface area contributed by atoms with Crippen LogP contribution < -0.4 is 20.9 Å². The lowest BCUT2D eigenvalue weighted by Gasteiger charge is -2.14. The fourth-order valence-electron chi connectivity index (χ4n) is 4.24. The Bertz CT molecular complexity index is 1130. The number of ether oxygens (including phenoxy) is 1. The predicted octanol–water partition coefficient (Wildman–Crippen LogP) is 2.39. The van der Waals surface area contributed by atoms with Crippen LogP contribution in [0.1, 0.15) is 40.8 Å². The van der Waals surface area contributed by atoms with Gasteiger partial charge in [0.25, 0.3) is 0 Å². The first kappa shape index (κ1) is 21.1. The van der Waals surface area contributed by atoms with Crippen LogP contribution in [-0.2, 0) is 11.8 Å². The minimum absolute atomic E-state index is 0.0346. The van der Waals surface area contributed by atoms with Gasteiger partial charge in [-0.3, -0.25) is 9.48 Å². The van der Waals surface area contributed by atoms with Gasteiger partial charge in [-0.05, 0) is 52.3 Å². The predicted molar refractivity (Wildman–Crippen MR) is 118 cm³/mol. The van der Waals surface area contributed by atoms with Gasteiger partial charge in [0.1, 0.15) is 17.5 Å². The van der Waals surface area contributed by atoms with Crippen molar-refractivity contribution in [3.8, 4) is 11.4 Å². The van der Waals surface area contributed by atoms with Crippen molar-refractivity contribution in [3.05, 3.63) is 52.6 Å². The highest BCUT2D eigenvalue weighted by Gasteiger charge is 2.33. The number of methoxy groups -OCH3 is 1. The van der Waals surface area contributed by atoms with Crippen molar-refractivity contribution in [2.75, 3.05) is 12.4 Å². The maximum atomic E-state index is 12.9. The van der Waals surface area contributed by atoms with Crippen molar-refractivity contribution in [1.82, 2.24) is 30.4 Å². The van der Waals surface area contributed by atoms with Crippen LogP contribution in [0.15, 0.2) is 24.3 Å². The van der Waals surface area contributed by atoms with Gasteiger partial charge in [-0.1, -0.05) is 0 Å². The Morgan fingerprint density at radius 2 is 1.94 bits per heavy atom. The molecule has 1 aliphatic rings. The van der Waals surface area contributed by atoms with Crippen molar-refractivity contribution in [3.63, 3.8) is 0 Å². The van der Waals surface area contributed by atoms with Crippen molar-refractivity contribution < 1.29 is 9.53 Å². The number of carbonyl (C=O) groups excluding carboxylic acids is 1. The molecule has 31 heavy (non-hydrogen) atoms. The van der Waals surface area contributed by atoms with Crippen LogP contribution in [-0.4, -0.2) is 38.6 Å². The van der Waals surface area contributed by atoms with Gasteiger partial charge in [0.2, 0.25) is 5.91 Å². The summed E-state index contributed by atoms with van der Waals surface area (Å²) in [6, 6.07) is 7.27. The number of benzene rings is 1. The smallest absolute Gasteiger partial charge is 0.242 e. The average Bonchev–Trinajstić information content (AvgIpc) is 3.40. The van der Waals surface area contributed by atoms with Gasteiger partial charge in [0, 0.05) is 35.8 Å². The molecule has 9 nitrogen and oxygen atoms in total. The summed E-state index contributed by atoms with van der Waals surface area (Å²) in [5, 5.41) is 12.0. The summed E-state index contributed by atoms with van der Waals surface area (Å²) in [5.41, 5.74) is 13.0. The molecule has 1 fully saturated rings. The van der Waals surface area contributed by atoms with Crippen LogP contribution >= 0.6 is 0 Å². The van der Waals surface area contributed by atoms with Crippen LogP contribution in [0.3, 0.4) is 0 Å². The highest BCUT2D eigenvalue weighted by molar-refractivity contribution is 5.95. The van der Waals surface area contributed by atoms with E-state index in [0.717, 1.165) is 34.0 Å². The van der Waals surface area contributed by atoms with Crippen LogP contribution in [0, 0.1) is 27.7 Å². The number of hydrazine groups is 1. The van der Waals surface area contributed by atoms with E-state index in [1.54, 1.807) is 7.11 Å². The lowest BCUT2D eigenvalue weighted by Crippen LogP contribution is -2.39. The molecule has 3 heterocycles. The average molecular weight is 424 g/mol. The molecule has 3 aromatic rings. The maximum absolute atomic E-state index is 12.9. The summed E-state index contributed by atoms with van der Waals surface area (Å²) in [6.07, 6.45) is 0.639. The molecular formula is C22H29N7O2. The molecule has 4 rings (SSSR count). The van der Waals surface area contributed by atoms with Crippen molar-refractivity contribution in [2.45, 2.75) is 46.2 Å². The van der Waals surface area contributed by atoms with Crippen molar-refractivity contribution in [2.24, 2.45) is 7.05 Å². The fourth-order valence-corrected chi connectivity index (χ4v) is 4.24. The third-order valence-corrected chi connectivity index (χ3v) is 5.82. The monoisotopic (exact) mass is 423 g/mol. The van der Waals surface area contributed by atoms with Crippen LogP contribution in [0.2, 0.25) is 0 Å². The number of nitrogens with one attached hydrogen (secondary N) is 3. The van der Waals surface area contributed by atoms with Gasteiger partial charge in [0.15, 0.2) is 0 Å². The minimum Gasteiger partial charge on any atom is -0.494 e.